The van der Waals surface area contributed by atoms with Gasteiger partial charge in [-0.15, -0.1) is 0 Å². The molecule has 0 spiro atoms. The van der Waals surface area contributed by atoms with Crippen LogP contribution in [0.3, 0.4) is 0 Å². The summed E-state index contributed by atoms with van der Waals surface area (Å²) in [5.41, 5.74) is 1.46. The summed E-state index contributed by atoms with van der Waals surface area (Å²) in [5, 5.41) is 4.48. The van der Waals surface area contributed by atoms with E-state index >= 15 is 0 Å². The fourth-order valence-electron chi connectivity index (χ4n) is 2.47. The lowest BCUT2D eigenvalue weighted by Gasteiger charge is -2.11. The number of hydrogen-bond acceptors (Lipinski definition) is 3. The number of para-hydroxylation sites is 1. The predicted molar refractivity (Wildman–Crippen MR) is 99.4 cm³/mol. The molecule has 0 saturated heterocycles. The molecule has 2 amide bonds. The van der Waals surface area contributed by atoms with Crippen molar-refractivity contribution in [1.29, 1.82) is 0 Å². The molecule has 150 valence electrons. The van der Waals surface area contributed by atoms with E-state index in [1.807, 2.05) is 31.2 Å². The Morgan fingerprint density at radius 2 is 1.71 bits per heavy atom. The number of nitrogens with one attached hydrogen (secondary N) is 2. The van der Waals surface area contributed by atoms with Gasteiger partial charge in [-0.2, -0.15) is 13.2 Å². The van der Waals surface area contributed by atoms with E-state index in [2.05, 4.69) is 5.32 Å². The summed E-state index contributed by atoms with van der Waals surface area (Å²) in [7, 11) is 0. The predicted octanol–water partition coefficient (Wildman–Crippen LogP) is 3.95. The highest BCUT2D eigenvalue weighted by atomic mass is 19.4. The number of amides is 2. The van der Waals surface area contributed by atoms with Crippen LogP contribution < -0.4 is 15.4 Å². The van der Waals surface area contributed by atoms with Crippen LogP contribution in [0.5, 0.6) is 5.75 Å². The first-order chi connectivity index (χ1) is 13.3. The SMILES string of the molecule is CCOc1ccccc1CCC(=O)Nc1ccc(C(=O)NCC(F)(F)F)cc1. The van der Waals surface area contributed by atoms with Gasteiger partial charge in [-0.05, 0) is 49.2 Å². The molecular formula is C20H21F3N2O3. The first-order valence-corrected chi connectivity index (χ1v) is 8.74. The molecule has 0 radical (unpaired) electrons. The minimum Gasteiger partial charge on any atom is -0.494 e. The van der Waals surface area contributed by atoms with E-state index in [1.165, 1.54) is 24.3 Å². The Bertz CT molecular complexity index is 805. The molecule has 0 saturated carbocycles. The Morgan fingerprint density at radius 1 is 1.04 bits per heavy atom. The molecular weight excluding hydrogens is 373 g/mol. The Kier molecular flexibility index (Phi) is 7.43. The van der Waals surface area contributed by atoms with E-state index in [4.69, 9.17) is 4.74 Å². The van der Waals surface area contributed by atoms with Gasteiger partial charge >= 0.3 is 6.18 Å². The van der Waals surface area contributed by atoms with Gasteiger partial charge in [0.2, 0.25) is 5.91 Å². The van der Waals surface area contributed by atoms with Gasteiger partial charge in [0.1, 0.15) is 12.3 Å². The molecule has 0 fully saturated rings. The first kappa shape index (κ1) is 21.3. The molecule has 2 aromatic carbocycles. The van der Waals surface area contributed by atoms with Crippen molar-refractivity contribution in [2.75, 3.05) is 18.5 Å². The minimum absolute atomic E-state index is 0.0768. The van der Waals surface area contributed by atoms with Crippen LogP contribution >= 0.6 is 0 Å². The van der Waals surface area contributed by atoms with Crippen LogP contribution in [-0.2, 0) is 11.2 Å². The molecule has 5 nitrogen and oxygen atoms in total. The largest absolute Gasteiger partial charge is 0.494 e. The molecule has 2 aromatic rings. The maximum Gasteiger partial charge on any atom is 0.405 e. The molecule has 0 atom stereocenters. The third kappa shape index (κ3) is 6.94. The number of rotatable bonds is 8. The van der Waals surface area contributed by atoms with Crippen LogP contribution in [0.15, 0.2) is 48.5 Å². The monoisotopic (exact) mass is 394 g/mol. The summed E-state index contributed by atoms with van der Waals surface area (Å²) in [6.07, 6.45) is -3.73. The number of halogens is 3. The number of aryl methyl sites for hydroxylation is 1. The van der Waals surface area contributed by atoms with Crippen LogP contribution in [0.1, 0.15) is 29.3 Å². The number of alkyl halides is 3. The summed E-state index contributed by atoms with van der Waals surface area (Å²) < 4.78 is 41.9. The number of anilines is 1. The third-order valence-electron chi connectivity index (χ3n) is 3.77. The average Bonchev–Trinajstić information content (AvgIpc) is 2.66. The highest BCUT2D eigenvalue weighted by molar-refractivity contribution is 5.95. The van der Waals surface area contributed by atoms with E-state index in [0.29, 0.717) is 18.7 Å². The standard InChI is InChI=1S/C20H21F3N2O3/c1-2-28-17-6-4-3-5-14(17)9-12-18(26)25-16-10-7-15(8-11-16)19(27)24-13-20(21,22)23/h3-8,10-11H,2,9,12-13H2,1H3,(H,24,27)(H,25,26). The molecule has 28 heavy (non-hydrogen) atoms. The number of ether oxygens (including phenoxy) is 1. The van der Waals surface area contributed by atoms with Gasteiger partial charge in [-0.25, -0.2) is 0 Å². The van der Waals surface area contributed by atoms with Crippen molar-refractivity contribution in [1.82, 2.24) is 5.32 Å². The van der Waals surface area contributed by atoms with E-state index in [9.17, 15) is 22.8 Å². The molecule has 0 unspecified atom stereocenters. The number of carbonyl (C=O) groups excluding carboxylic acids is 2. The lowest BCUT2D eigenvalue weighted by molar-refractivity contribution is -0.123. The van der Waals surface area contributed by atoms with Gasteiger partial charge in [0, 0.05) is 17.7 Å². The molecule has 0 aliphatic heterocycles. The topological polar surface area (TPSA) is 67.4 Å². The molecule has 0 bridgehead atoms. The Balaban J connectivity index is 1.87. The second kappa shape index (κ2) is 9.77. The Morgan fingerprint density at radius 3 is 2.36 bits per heavy atom. The Hall–Kier alpha value is -3.03. The number of carbonyl (C=O) groups is 2. The zero-order valence-corrected chi connectivity index (χ0v) is 15.3. The van der Waals surface area contributed by atoms with Gasteiger partial charge in [0.05, 0.1) is 6.61 Å². The number of benzene rings is 2. The van der Waals surface area contributed by atoms with Gasteiger partial charge in [0.15, 0.2) is 0 Å². The fourth-order valence-corrected chi connectivity index (χ4v) is 2.47. The van der Waals surface area contributed by atoms with Crippen molar-refractivity contribution in [3.8, 4) is 5.75 Å². The van der Waals surface area contributed by atoms with Gasteiger partial charge < -0.3 is 15.4 Å². The van der Waals surface area contributed by atoms with E-state index < -0.39 is 18.6 Å². The van der Waals surface area contributed by atoms with Crippen LogP contribution in [-0.4, -0.2) is 31.1 Å². The van der Waals surface area contributed by atoms with Crippen molar-refractivity contribution < 1.29 is 27.5 Å². The molecule has 2 N–H and O–H groups in total. The summed E-state index contributed by atoms with van der Waals surface area (Å²) in [6.45, 7) is 1.02. The molecule has 0 aliphatic rings. The van der Waals surface area contributed by atoms with Gasteiger partial charge in [0.25, 0.3) is 5.91 Å². The average molecular weight is 394 g/mol. The zero-order chi connectivity index (χ0) is 20.6. The van der Waals surface area contributed by atoms with Crippen molar-refractivity contribution in [3.63, 3.8) is 0 Å². The normalized spacial score (nSPS) is 11.0. The van der Waals surface area contributed by atoms with E-state index in [1.54, 1.807) is 5.32 Å². The molecule has 0 aliphatic carbocycles. The van der Waals surface area contributed by atoms with Crippen LogP contribution in [0.25, 0.3) is 0 Å². The minimum atomic E-state index is -4.47. The highest BCUT2D eigenvalue weighted by Gasteiger charge is 2.27. The molecule has 0 heterocycles. The summed E-state index contributed by atoms with van der Waals surface area (Å²) in [5.74, 6) is -0.310. The lowest BCUT2D eigenvalue weighted by Crippen LogP contribution is -2.33. The molecule has 0 aromatic heterocycles. The van der Waals surface area contributed by atoms with Crippen molar-refractivity contribution in [2.24, 2.45) is 0 Å². The summed E-state index contributed by atoms with van der Waals surface area (Å²) in [4.78, 5) is 23.8. The maximum atomic E-state index is 12.1. The third-order valence-corrected chi connectivity index (χ3v) is 3.77. The second-order valence-corrected chi connectivity index (χ2v) is 5.96. The summed E-state index contributed by atoms with van der Waals surface area (Å²) >= 11 is 0. The Labute approximate surface area is 160 Å². The first-order valence-electron chi connectivity index (χ1n) is 8.74. The lowest BCUT2D eigenvalue weighted by atomic mass is 10.1. The van der Waals surface area contributed by atoms with Crippen molar-refractivity contribution >= 4 is 17.5 Å². The molecule has 2 rings (SSSR count). The fraction of sp³-hybridized carbons (Fsp3) is 0.300. The smallest absolute Gasteiger partial charge is 0.405 e. The van der Waals surface area contributed by atoms with E-state index in [0.717, 1.165) is 11.3 Å². The van der Waals surface area contributed by atoms with Crippen LogP contribution in [0.4, 0.5) is 18.9 Å². The second-order valence-electron chi connectivity index (χ2n) is 5.96. The van der Waals surface area contributed by atoms with Crippen LogP contribution in [0.2, 0.25) is 0 Å². The summed E-state index contributed by atoms with van der Waals surface area (Å²) in [6, 6.07) is 13.1. The van der Waals surface area contributed by atoms with E-state index in [-0.39, 0.29) is 17.9 Å². The number of hydrogen-bond donors (Lipinski definition) is 2. The van der Waals surface area contributed by atoms with Gasteiger partial charge in [-0.3, -0.25) is 9.59 Å². The molecule has 8 heteroatoms. The van der Waals surface area contributed by atoms with Gasteiger partial charge in [-0.1, -0.05) is 18.2 Å². The van der Waals surface area contributed by atoms with Crippen molar-refractivity contribution in [2.45, 2.75) is 25.9 Å². The highest BCUT2D eigenvalue weighted by Crippen LogP contribution is 2.20. The van der Waals surface area contributed by atoms with Crippen molar-refractivity contribution in [3.05, 3.63) is 59.7 Å². The van der Waals surface area contributed by atoms with Crippen LogP contribution in [0, 0.1) is 0 Å². The quantitative estimate of drug-likeness (QED) is 0.713. The zero-order valence-electron chi connectivity index (χ0n) is 15.3. The maximum absolute atomic E-state index is 12.1.